The zero-order valence-corrected chi connectivity index (χ0v) is 12.7. The molecule has 2 aromatic carbocycles. The fourth-order valence-electron chi connectivity index (χ4n) is 2.85. The van der Waals surface area contributed by atoms with Crippen LogP contribution < -0.4 is 0 Å². The zero-order chi connectivity index (χ0) is 16.6. The van der Waals surface area contributed by atoms with Crippen molar-refractivity contribution in [2.45, 2.75) is 19.8 Å². The molecular weight excluding hydrogens is 292 g/mol. The molecule has 0 saturated carbocycles. The smallest absolute Gasteiger partial charge is 0.339 e. The number of carboxylic acids is 1. The molecule has 4 heteroatoms. The van der Waals surface area contributed by atoms with Crippen LogP contribution in [-0.2, 0) is 6.42 Å². The van der Waals surface area contributed by atoms with Gasteiger partial charge < -0.3 is 10.2 Å². The number of allylic oxidation sites excluding steroid dienone is 1. The number of aromatic hydroxyl groups is 1. The van der Waals surface area contributed by atoms with Crippen molar-refractivity contribution in [1.82, 2.24) is 0 Å². The van der Waals surface area contributed by atoms with Gasteiger partial charge in [-0.15, -0.1) is 0 Å². The molecule has 0 amide bonds. The van der Waals surface area contributed by atoms with Crippen LogP contribution in [0.25, 0.3) is 11.6 Å². The number of phenols is 1. The van der Waals surface area contributed by atoms with Crippen molar-refractivity contribution in [2.75, 3.05) is 0 Å². The van der Waals surface area contributed by atoms with Crippen LogP contribution in [0.3, 0.4) is 0 Å². The van der Waals surface area contributed by atoms with Crippen molar-refractivity contribution in [3.63, 3.8) is 0 Å². The molecule has 4 nitrogen and oxygen atoms in total. The summed E-state index contributed by atoms with van der Waals surface area (Å²) >= 11 is 0. The Morgan fingerprint density at radius 3 is 2.35 bits per heavy atom. The maximum Gasteiger partial charge on any atom is 0.339 e. The van der Waals surface area contributed by atoms with Gasteiger partial charge in [0.25, 0.3) is 0 Å². The average Bonchev–Trinajstić information content (AvgIpc) is 2.53. The second kappa shape index (κ2) is 5.72. The van der Waals surface area contributed by atoms with Crippen molar-refractivity contribution in [3.8, 4) is 5.75 Å². The first-order valence-corrected chi connectivity index (χ1v) is 7.37. The van der Waals surface area contributed by atoms with E-state index >= 15 is 0 Å². The van der Waals surface area contributed by atoms with E-state index in [1.165, 1.54) is 19.1 Å². The molecular formula is C19H16O4. The first-order valence-electron chi connectivity index (χ1n) is 7.37. The molecule has 0 saturated heterocycles. The molecule has 0 unspecified atom stereocenters. The van der Waals surface area contributed by atoms with E-state index in [4.69, 9.17) is 5.11 Å². The number of benzene rings is 2. The maximum atomic E-state index is 11.3. The van der Waals surface area contributed by atoms with E-state index in [-0.39, 0.29) is 17.1 Å². The molecule has 0 radical (unpaired) electrons. The average molecular weight is 308 g/mol. The van der Waals surface area contributed by atoms with Crippen LogP contribution in [0.1, 0.15) is 50.8 Å². The highest BCUT2D eigenvalue weighted by Crippen LogP contribution is 2.34. The number of carbonyl (C=O) groups excluding carboxylic acids is 1. The summed E-state index contributed by atoms with van der Waals surface area (Å²) in [5.74, 6) is -1.31. The van der Waals surface area contributed by atoms with E-state index in [0.29, 0.717) is 5.56 Å². The van der Waals surface area contributed by atoms with Gasteiger partial charge in [-0.2, -0.15) is 0 Å². The predicted octanol–water partition coefficient (Wildman–Crippen LogP) is 3.78. The van der Waals surface area contributed by atoms with Crippen LogP contribution in [0, 0.1) is 0 Å². The number of aryl methyl sites for hydroxylation is 1. The number of fused-ring (bicyclic) bond motifs is 1. The molecule has 0 fully saturated rings. The summed E-state index contributed by atoms with van der Waals surface area (Å²) in [7, 11) is 0. The van der Waals surface area contributed by atoms with E-state index in [9.17, 15) is 14.7 Å². The quantitative estimate of drug-likeness (QED) is 0.846. The first kappa shape index (κ1) is 15.0. The van der Waals surface area contributed by atoms with Gasteiger partial charge in [-0.05, 0) is 54.2 Å². The van der Waals surface area contributed by atoms with E-state index < -0.39 is 5.97 Å². The molecule has 2 N–H and O–H groups in total. The topological polar surface area (TPSA) is 74.6 Å². The minimum Gasteiger partial charge on any atom is -0.507 e. The summed E-state index contributed by atoms with van der Waals surface area (Å²) in [6.07, 6.45) is 3.49. The molecule has 0 bridgehead atoms. The summed E-state index contributed by atoms with van der Waals surface area (Å²) in [6, 6.07) is 10.5. The van der Waals surface area contributed by atoms with E-state index in [1.807, 2.05) is 18.2 Å². The molecule has 3 rings (SSSR count). The molecule has 116 valence electrons. The predicted molar refractivity (Wildman–Crippen MR) is 87.7 cm³/mol. The molecule has 0 heterocycles. The third-order valence-corrected chi connectivity index (χ3v) is 4.14. The van der Waals surface area contributed by atoms with Gasteiger partial charge in [-0.3, -0.25) is 4.79 Å². The van der Waals surface area contributed by atoms with Crippen LogP contribution >= 0.6 is 0 Å². The van der Waals surface area contributed by atoms with Crippen LogP contribution in [0.5, 0.6) is 5.75 Å². The summed E-state index contributed by atoms with van der Waals surface area (Å²) in [5, 5.41) is 18.9. The van der Waals surface area contributed by atoms with E-state index in [1.54, 1.807) is 12.1 Å². The van der Waals surface area contributed by atoms with Crippen molar-refractivity contribution >= 4 is 23.4 Å². The summed E-state index contributed by atoms with van der Waals surface area (Å²) in [5.41, 5.74) is 4.45. The van der Waals surface area contributed by atoms with Crippen molar-refractivity contribution in [2.24, 2.45) is 0 Å². The highest BCUT2D eigenvalue weighted by molar-refractivity contribution is 5.95. The van der Waals surface area contributed by atoms with Gasteiger partial charge in [0.2, 0.25) is 0 Å². The summed E-state index contributed by atoms with van der Waals surface area (Å²) < 4.78 is 0. The first-order chi connectivity index (χ1) is 11.0. The molecule has 23 heavy (non-hydrogen) atoms. The lowest BCUT2D eigenvalue weighted by Gasteiger charge is -2.18. The Hall–Kier alpha value is -2.88. The number of ketones is 1. The lowest BCUT2D eigenvalue weighted by molar-refractivity contribution is 0.0693. The van der Waals surface area contributed by atoms with Gasteiger partial charge in [-0.1, -0.05) is 30.3 Å². The SMILES string of the molecule is CC(=O)c1ccc(C2=Cc3cc(C(=O)O)c(O)cc3CC2)cc1. The highest BCUT2D eigenvalue weighted by Gasteiger charge is 2.17. The number of aromatic carboxylic acids is 1. The molecule has 1 aliphatic rings. The Bertz CT molecular complexity index is 829. The van der Waals surface area contributed by atoms with Gasteiger partial charge >= 0.3 is 5.97 Å². The monoisotopic (exact) mass is 308 g/mol. The number of hydrogen-bond acceptors (Lipinski definition) is 3. The Balaban J connectivity index is 2.00. The summed E-state index contributed by atoms with van der Waals surface area (Å²) in [4.78, 5) is 22.5. The van der Waals surface area contributed by atoms with Gasteiger partial charge in [0.15, 0.2) is 5.78 Å². The molecule has 0 aromatic heterocycles. The van der Waals surface area contributed by atoms with Crippen molar-refractivity contribution in [3.05, 3.63) is 64.2 Å². The highest BCUT2D eigenvalue weighted by atomic mass is 16.4. The molecule has 0 aliphatic heterocycles. The number of carboxylic acid groups (broad SMARTS) is 1. The fraction of sp³-hybridized carbons (Fsp3) is 0.158. The number of Topliss-reactive ketones (excluding diaryl/α,β-unsaturated/α-hetero) is 1. The van der Waals surface area contributed by atoms with Crippen LogP contribution in [0.2, 0.25) is 0 Å². The summed E-state index contributed by atoms with van der Waals surface area (Å²) in [6.45, 7) is 1.53. The number of rotatable bonds is 3. The normalized spacial score (nSPS) is 13.2. The molecule has 0 spiro atoms. The minimum absolute atomic E-state index is 0.0288. The molecule has 2 aromatic rings. The fourth-order valence-corrected chi connectivity index (χ4v) is 2.85. The van der Waals surface area contributed by atoms with Gasteiger partial charge in [0.1, 0.15) is 11.3 Å². The third-order valence-electron chi connectivity index (χ3n) is 4.14. The van der Waals surface area contributed by atoms with Gasteiger partial charge in [-0.25, -0.2) is 4.79 Å². The lowest BCUT2D eigenvalue weighted by Crippen LogP contribution is -2.04. The third kappa shape index (κ3) is 2.88. The number of hydrogen-bond donors (Lipinski definition) is 2. The standard InChI is InChI=1S/C19H16O4/c1-11(20)12-2-4-13(5-3-12)14-6-7-15-10-18(21)17(19(22)23)9-16(15)8-14/h2-5,8-10,21H,6-7H2,1H3,(H,22,23). The van der Waals surface area contributed by atoms with Crippen molar-refractivity contribution < 1.29 is 19.8 Å². The number of carbonyl (C=O) groups is 2. The van der Waals surface area contributed by atoms with Crippen molar-refractivity contribution in [1.29, 1.82) is 0 Å². The van der Waals surface area contributed by atoms with Crippen LogP contribution in [0.4, 0.5) is 0 Å². The molecule has 1 aliphatic carbocycles. The van der Waals surface area contributed by atoms with Crippen LogP contribution in [-0.4, -0.2) is 22.0 Å². The largest absolute Gasteiger partial charge is 0.507 e. The Kier molecular flexibility index (Phi) is 3.74. The minimum atomic E-state index is -1.14. The second-order valence-corrected chi connectivity index (χ2v) is 5.68. The Morgan fingerprint density at radius 2 is 1.74 bits per heavy atom. The van der Waals surface area contributed by atoms with Crippen LogP contribution in [0.15, 0.2) is 36.4 Å². The van der Waals surface area contributed by atoms with Gasteiger partial charge in [0.05, 0.1) is 0 Å². The van der Waals surface area contributed by atoms with E-state index in [0.717, 1.165) is 35.1 Å². The van der Waals surface area contributed by atoms with Gasteiger partial charge in [0, 0.05) is 5.56 Å². The Labute approximate surface area is 133 Å². The zero-order valence-electron chi connectivity index (χ0n) is 12.7. The lowest BCUT2D eigenvalue weighted by atomic mass is 9.87. The maximum absolute atomic E-state index is 11.3. The molecule has 0 atom stereocenters. The Morgan fingerprint density at radius 1 is 1.04 bits per heavy atom. The second-order valence-electron chi connectivity index (χ2n) is 5.68. The van der Waals surface area contributed by atoms with E-state index in [2.05, 4.69) is 0 Å².